The number of benzene rings is 1. The molecule has 0 saturated carbocycles. The number of anilines is 1. The lowest BCUT2D eigenvalue weighted by Crippen LogP contribution is -2.15. The van der Waals surface area contributed by atoms with Gasteiger partial charge < -0.3 is 10.3 Å². The number of hydrogen-bond donors (Lipinski definition) is 2. The van der Waals surface area contributed by atoms with Crippen LogP contribution in [0.1, 0.15) is 19.0 Å². The number of amides is 1. The van der Waals surface area contributed by atoms with Crippen LogP contribution in [0.25, 0.3) is 11.3 Å². The van der Waals surface area contributed by atoms with Crippen LogP contribution in [-0.4, -0.2) is 26.6 Å². The van der Waals surface area contributed by atoms with Crippen LogP contribution in [0, 0.1) is 5.82 Å². The third-order valence-electron chi connectivity index (χ3n) is 3.51. The van der Waals surface area contributed by atoms with E-state index < -0.39 is 0 Å². The molecule has 0 bridgehead atoms. The zero-order chi connectivity index (χ0) is 19.2. The average molecular weight is 404 g/mol. The summed E-state index contributed by atoms with van der Waals surface area (Å²) in [6.45, 7) is 2.01. The molecule has 1 amide bonds. The lowest BCUT2D eigenvalue weighted by atomic mass is 10.2. The lowest BCUT2D eigenvalue weighted by molar-refractivity contribution is -0.113. The van der Waals surface area contributed by atoms with Crippen LogP contribution in [0.4, 0.5) is 9.52 Å². The number of carbonyl (C=O) groups is 1. The van der Waals surface area contributed by atoms with E-state index >= 15 is 0 Å². The number of aromatic nitrogens is 3. The number of halogens is 1. The van der Waals surface area contributed by atoms with Crippen LogP contribution in [0.5, 0.6) is 0 Å². The molecule has 2 heterocycles. The minimum absolute atomic E-state index is 0.101. The summed E-state index contributed by atoms with van der Waals surface area (Å²) in [5.41, 5.74) is 1.94. The van der Waals surface area contributed by atoms with Crippen LogP contribution in [0.2, 0.25) is 0 Å². The van der Waals surface area contributed by atoms with Crippen molar-refractivity contribution in [3.05, 3.63) is 57.6 Å². The molecule has 3 rings (SSSR count). The van der Waals surface area contributed by atoms with Crippen molar-refractivity contribution in [2.75, 3.05) is 11.1 Å². The average Bonchev–Trinajstić information content (AvgIpc) is 3.09. The van der Waals surface area contributed by atoms with E-state index in [1.165, 1.54) is 29.5 Å². The Kier molecular flexibility index (Phi) is 6.36. The molecule has 27 heavy (non-hydrogen) atoms. The Morgan fingerprint density at radius 2 is 2.07 bits per heavy atom. The molecule has 0 aliphatic rings. The predicted octanol–water partition coefficient (Wildman–Crippen LogP) is 3.72. The Balaban J connectivity index is 1.58. The van der Waals surface area contributed by atoms with E-state index in [0.717, 1.165) is 30.2 Å². The number of H-pyrrole nitrogens is 1. The summed E-state index contributed by atoms with van der Waals surface area (Å²) in [6, 6.07) is 7.47. The van der Waals surface area contributed by atoms with Gasteiger partial charge in [0.1, 0.15) is 5.82 Å². The Labute approximate surface area is 163 Å². The molecule has 0 atom stereocenters. The van der Waals surface area contributed by atoms with Gasteiger partial charge in [0.05, 0.1) is 11.4 Å². The fourth-order valence-electron chi connectivity index (χ4n) is 2.31. The number of nitrogens with zero attached hydrogens (tertiary/aromatic N) is 2. The Hall–Kier alpha value is -2.52. The molecule has 0 saturated heterocycles. The number of carbonyl (C=O) groups excluding carboxylic acids is 1. The molecule has 0 aliphatic heterocycles. The van der Waals surface area contributed by atoms with Gasteiger partial charge >= 0.3 is 0 Å². The highest BCUT2D eigenvalue weighted by Crippen LogP contribution is 2.25. The van der Waals surface area contributed by atoms with Crippen molar-refractivity contribution in [3.8, 4) is 11.3 Å². The van der Waals surface area contributed by atoms with E-state index in [0.29, 0.717) is 21.7 Å². The molecule has 6 nitrogen and oxygen atoms in total. The second kappa shape index (κ2) is 8.92. The van der Waals surface area contributed by atoms with Crippen LogP contribution in [0.3, 0.4) is 0 Å². The summed E-state index contributed by atoms with van der Waals surface area (Å²) in [5.74, 6) is -0.456. The Morgan fingerprint density at radius 1 is 1.30 bits per heavy atom. The molecule has 0 unspecified atom stereocenters. The van der Waals surface area contributed by atoms with Crippen molar-refractivity contribution in [1.82, 2.24) is 15.0 Å². The number of thiazole rings is 1. The highest BCUT2D eigenvalue weighted by Gasteiger charge is 2.10. The third kappa shape index (κ3) is 5.48. The second-order valence-electron chi connectivity index (χ2n) is 5.67. The third-order valence-corrected chi connectivity index (χ3v) is 5.14. The Bertz CT molecular complexity index is 986. The van der Waals surface area contributed by atoms with Gasteiger partial charge in [-0.15, -0.1) is 11.3 Å². The summed E-state index contributed by atoms with van der Waals surface area (Å²) >= 11 is 2.45. The molecule has 1 aromatic carbocycles. The fourth-order valence-corrected chi connectivity index (χ4v) is 3.74. The molecule has 0 radical (unpaired) electrons. The van der Waals surface area contributed by atoms with E-state index in [1.807, 2.05) is 6.92 Å². The van der Waals surface area contributed by atoms with Crippen molar-refractivity contribution in [3.63, 3.8) is 0 Å². The standard InChI is InChI=1S/C18H17FN4O2S2/c1-2-3-13-8-15(24)22-17(20-13)27-10-16(25)23-18-21-14(9-26-18)11-4-6-12(19)7-5-11/h4-9H,2-3,10H2,1H3,(H,20,22,24)(H,21,23,25). The molecular formula is C18H17FN4O2S2. The summed E-state index contributed by atoms with van der Waals surface area (Å²) in [5, 5.41) is 5.40. The van der Waals surface area contributed by atoms with Crippen molar-refractivity contribution in [2.24, 2.45) is 0 Å². The van der Waals surface area contributed by atoms with Crippen molar-refractivity contribution in [1.29, 1.82) is 0 Å². The summed E-state index contributed by atoms with van der Waals surface area (Å²) in [7, 11) is 0. The minimum atomic E-state index is -0.311. The zero-order valence-corrected chi connectivity index (χ0v) is 16.1. The van der Waals surface area contributed by atoms with Gasteiger partial charge in [-0.25, -0.2) is 14.4 Å². The first-order valence-corrected chi connectivity index (χ1v) is 10.1. The van der Waals surface area contributed by atoms with E-state index in [-0.39, 0.29) is 23.0 Å². The largest absolute Gasteiger partial charge is 0.301 e. The maximum Gasteiger partial charge on any atom is 0.251 e. The van der Waals surface area contributed by atoms with Gasteiger partial charge in [0, 0.05) is 22.7 Å². The molecule has 0 spiro atoms. The SMILES string of the molecule is CCCc1cc(=O)[nH]c(SCC(=O)Nc2nc(-c3ccc(F)cc3)cs2)n1. The minimum Gasteiger partial charge on any atom is -0.301 e. The van der Waals surface area contributed by atoms with E-state index in [9.17, 15) is 14.0 Å². The van der Waals surface area contributed by atoms with Crippen molar-refractivity contribution >= 4 is 34.1 Å². The number of hydrogen-bond acceptors (Lipinski definition) is 6. The molecule has 0 fully saturated rings. The van der Waals surface area contributed by atoms with E-state index in [1.54, 1.807) is 17.5 Å². The highest BCUT2D eigenvalue weighted by molar-refractivity contribution is 7.99. The second-order valence-corrected chi connectivity index (χ2v) is 7.50. The fraction of sp³-hybridized carbons (Fsp3) is 0.222. The molecule has 0 aliphatic carbocycles. The number of aromatic amines is 1. The first-order chi connectivity index (χ1) is 13.0. The number of nitrogens with one attached hydrogen (secondary N) is 2. The van der Waals surface area contributed by atoms with Gasteiger partial charge in [-0.2, -0.15) is 0 Å². The van der Waals surface area contributed by atoms with Gasteiger partial charge in [0.2, 0.25) is 5.91 Å². The Morgan fingerprint density at radius 3 is 2.81 bits per heavy atom. The summed E-state index contributed by atoms with van der Waals surface area (Å²) in [6.07, 6.45) is 1.61. The highest BCUT2D eigenvalue weighted by atomic mass is 32.2. The van der Waals surface area contributed by atoms with Gasteiger partial charge in [-0.3, -0.25) is 9.59 Å². The monoisotopic (exact) mass is 404 g/mol. The maximum atomic E-state index is 13.0. The maximum absolute atomic E-state index is 13.0. The predicted molar refractivity (Wildman–Crippen MR) is 106 cm³/mol. The molecule has 2 aromatic heterocycles. The number of thioether (sulfide) groups is 1. The van der Waals surface area contributed by atoms with Crippen molar-refractivity contribution < 1.29 is 9.18 Å². The van der Waals surface area contributed by atoms with Gasteiger partial charge in [-0.05, 0) is 30.7 Å². The quantitative estimate of drug-likeness (QED) is 0.463. The molecule has 140 valence electrons. The van der Waals surface area contributed by atoms with Gasteiger partial charge in [-0.1, -0.05) is 25.1 Å². The summed E-state index contributed by atoms with van der Waals surface area (Å²) < 4.78 is 13.0. The topological polar surface area (TPSA) is 87.7 Å². The van der Waals surface area contributed by atoms with Crippen LogP contribution < -0.4 is 10.9 Å². The zero-order valence-electron chi connectivity index (χ0n) is 14.5. The van der Waals surface area contributed by atoms with Gasteiger partial charge in [0.25, 0.3) is 5.56 Å². The first kappa shape index (κ1) is 19.2. The smallest absolute Gasteiger partial charge is 0.251 e. The lowest BCUT2D eigenvalue weighted by Gasteiger charge is -2.03. The first-order valence-electron chi connectivity index (χ1n) is 8.28. The van der Waals surface area contributed by atoms with Gasteiger partial charge in [0.15, 0.2) is 10.3 Å². The van der Waals surface area contributed by atoms with E-state index in [4.69, 9.17) is 0 Å². The number of rotatable bonds is 7. The van der Waals surface area contributed by atoms with Crippen molar-refractivity contribution in [2.45, 2.75) is 24.9 Å². The van der Waals surface area contributed by atoms with Crippen LogP contribution >= 0.6 is 23.1 Å². The van der Waals surface area contributed by atoms with Crippen LogP contribution in [-0.2, 0) is 11.2 Å². The van der Waals surface area contributed by atoms with Crippen LogP contribution in [0.15, 0.2) is 45.7 Å². The molecular weight excluding hydrogens is 387 g/mol. The number of aryl methyl sites for hydroxylation is 1. The molecule has 2 N–H and O–H groups in total. The molecule has 3 aromatic rings. The molecule has 9 heteroatoms. The van der Waals surface area contributed by atoms with E-state index in [2.05, 4.69) is 20.3 Å². The summed E-state index contributed by atoms with van der Waals surface area (Å²) in [4.78, 5) is 35.1. The normalized spacial score (nSPS) is 10.7.